The third-order valence-electron chi connectivity index (χ3n) is 2.26. The number of rotatable bonds is 1. The lowest BCUT2D eigenvalue weighted by Gasteiger charge is -1.94. The van der Waals surface area contributed by atoms with Gasteiger partial charge in [0.05, 0.1) is 0 Å². The van der Waals surface area contributed by atoms with Crippen LogP contribution in [0.4, 0.5) is 8.78 Å². The molecule has 0 aliphatic heterocycles. The van der Waals surface area contributed by atoms with Gasteiger partial charge >= 0.3 is 0 Å². The second-order valence-electron chi connectivity index (χ2n) is 3.12. The first-order valence-electron chi connectivity index (χ1n) is 4.20. The number of halogens is 2. The molecule has 2 rings (SSSR count). The number of hydrogen-bond acceptors (Lipinski definition) is 2. The molecule has 0 aliphatic carbocycles. The summed E-state index contributed by atoms with van der Waals surface area (Å²) >= 11 is 1.42. The number of fused-ring (bicyclic) bond motifs is 1. The Hall–Kier alpha value is -1.00. The summed E-state index contributed by atoms with van der Waals surface area (Å²) in [6.45, 7) is 2.28. The van der Waals surface area contributed by atoms with E-state index >= 15 is 0 Å². The van der Waals surface area contributed by atoms with Gasteiger partial charge in [0.25, 0.3) is 0 Å². The molecule has 0 spiro atoms. The summed E-state index contributed by atoms with van der Waals surface area (Å²) in [6.07, 6.45) is 0. The van der Waals surface area contributed by atoms with Gasteiger partial charge in [0.1, 0.15) is 0 Å². The fraction of sp³-hybridized carbons (Fsp3) is 0.200. The molecule has 0 unspecified atom stereocenters. The molecule has 0 fully saturated rings. The monoisotopic (exact) mass is 213 g/mol. The Morgan fingerprint density at radius 2 is 1.93 bits per heavy atom. The molecule has 0 radical (unpaired) electrons. The minimum Gasteiger partial charge on any atom is -0.326 e. The predicted octanol–water partition coefficient (Wildman–Crippen LogP) is 2.95. The summed E-state index contributed by atoms with van der Waals surface area (Å²) in [5, 5.41) is 0.759. The molecule has 1 aromatic heterocycles. The van der Waals surface area contributed by atoms with Gasteiger partial charge in [-0.05, 0) is 30.0 Å². The van der Waals surface area contributed by atoms with Crippen LogP contribution in [0.25, 0.3) is 10.1 Å². The van der Waals surface area contributed by atoms with Crippen LogP contribution in [-0.4, -0.2) is 0 Å². The van der Waals surface area contributed by atoms with Crippen molar-refractivity contribution in [3.8, 4) is 0 Å². The van der Waals surface area contributed by atoms with Crippen molar-refractivity contribution in [1.29, 1.82) is 0 Å². The molecule has 0 aliphatic rings. The van der Waals surface area contributed by atoms with Crippen molar-refractivity contribution in [2.75, 3.05) is 0 Å². The van der Waals surface area contributed by atoms with Gasteiger partial charge < -0.3 is 5.73 Å². The van der Waals surface area contributed by atoms with Crippen LogP contribution in [0.3, 0.4) is 0 Å². The molecule has 4 heteroatoms. The highest BCUT2D eigenvalue weighted by Crippen LogP contribution is 2.31. The lowest BCUT2D eigenvalue weighted by molar-refractivity contribution is 0.511. The van der Waals surface area contributed by atoms with Crippen molar-refractivity contribution in [1.82, 2.24) is 0 Å². The lowest BCUT2D eigenvalue weighted by Crippen LogP contribution is -1.94. The highest BCUT2D eigenvalue weighted by atomic mass is 32.1. The van der Waals surface area contributed by atoms with Gasteiger partial charge in [-0.15, -0.1) is 11.3 Å². The van der Waals surface area contributed by atoms with Crippen LogP contribution in [0.1, 0.15) is 10.4 Å². The normalized spacial score (nSPS) is 11.1. The molecule has 1 nitrogen and oxygen atoms in total. The van der Waals surface area contributed by atoms with E-state index in [1.54, 1.807) is 0 Å². The first-order chi connectivity index (χ1) is 6.63. The maximum atomic E-state index is 12.9. The summed E-state index contributed by atoms with van der Waals surface area (Å²) in [5.74, 6) is -1.61. The molecule has 2 aromatic rings. The zero-order valence-electron chi connectivity index (χ0n) is 7.60. The van der Waals surface area contributed by atoms with E-state index in [0.717, 1.165) is 20.5 Å². The fourth-order valence-electron chi connectivity index (χ4n) is 1.46. The fourth-order valence-corrected chi connectivity index (χ4v) is 2.56. The molecule has 0 saturated heterocycles. The smallest absolute Gasteiger partial charge is 0.160 e. The summed E-state index contributed by atoms with van der Waals surface area (Å²) in [6, 6.07) is 2.46. The van der Waals surface area contributed by atoms with E-state index in [1.165, 1.54) is 23.5 Å². The van der Waals surface area contributed by atoms with Crippen LogP contribution in [0.5, 0.6) is 0 Å². The highest BCUT2D eigenvalue weighted by molar-refractivity contribution is 7.19. The van der Waals surface area contributed by atoms with Crippen molar-refractivity contribution < 1.29 is 8.78 Å². The van der Waals surface area contributed by atoms with Gasteiger partial charge in [-0.25, -0.2) is 8.78 Å². The molecule has 14 heavy (non-hydrogen) atoms. The van der Waals surface area contributed by atoms with E-state index in [1.807, 2.05) is 6.92 Å². The Bertz CT molecular complexity index is 490. The molecule has 0 amide bonds. The zero-order valence-corrected chi connectivity index (χ0v) is 8.42. The summed E-state index contributed by atoms with van der Waals surface area (Å²) in [5.41, 5.74) is 6.46. The van der Waals surface area contributed by atoms with Crippen LogP contribution in [0.15, 0.2) is 12.1 Å². The van der Waals surface area contributed by atoms with Crippen LogP contribution in [-0.2, 0) is 6.54 Å². The summed E-state index contributed by atoms with van der Waals surface area (Å²) in [4.78, 5) is 0.977. The van der Waals surface area contributed by atoms with Crippen molar-refractivity contribution in [3.05, 3.63) is 34.2 Å². The maximum absolute atomic E-state index is 12.9. The minimum atomic E-state index is -0.804. The van der Waals surface area contributed by atoms with Gasteiger partial charge in [0.15, 0.2) is 11.6 Å². The summed E-state index contributed by atoms with van der Waals surface area (Å²) in [7, 11) is 0. The standard InChI is InChI=1S/C10H9F2NS/c1-5-6-2-7(11)8(12)3-9(6)14-10(5)4-13/h2-3H,4,13H2,1H3. The summed E-state index contributed by atoms with van der Waals surface area (Å²) < 4.78 is 26.6. The van der Waals surface area contributed by atoms with Crippen molar-refractivity contribution in [2.24, 2.45) is 5.73 Å². The number of nitrogens with two attached hydrogens (primary N) is 1. The lowest BCUT2D eigenvalue weighted by atomic mass is 10.1. The Balaban J connectivity index is 2.80. The van der Waals surface area contributed by atoms with Crippen LogP contribution in [0.2, 0.25) is 0 Å². The quantitative estimate of drug-likeness (QED) is 0.774. The Kier molecular flexibility index (Phi) is 2.25. The van der Waals surface area contributed by atoms with Crippen LogP contribution >= 0.6 is 11.3 Å². The Morgan fingerprint density at radius 1 is 1.29 bits per heavy atom. The van der Waals surface area contributed by atoms with Gasteiger partial charge in [0.2, 0.25) is 0 Å². The Morgan fingerprint density at radius 3 is 2.57 bits per heavy atom. The van der Waals surface area contributed by atoms with Gasteiger partial charge in [0, 0.05) is 16.1 Å². The molecule has 0 atom stereocenters. The van der Waals surface area contributed by atoms with E-state index < -0.39 is 11.6 Å². The van der Waals surface area contributed by atoms with Gasteiger partial charge in [-0.2, -0.15) is 0 Å². The topological polar surface area (TPSA) is 26.0 Å². The van der Waals surface area contributed by atoms with E-state index in [4.69, 9.17) is 5.73 Å². The zero-order chi connectivity index (χ0) is 10.3. The number of benzene rings is 1. The van der Waals surface area contributed by atoms with Gasteiger partial charge in [-0.3, -0.25) is 0 Å². The second kappa shape index (κ2) is 3.29. The number of thiophene rings is 1. The molecular formula is C10H9F2NS. The van der Waals surface area contributed by atoms with Gasteiger partial charge in [-0.1, -0.05) is 0 Å². The average molecular weight is 213 g/mol. The maximum Gasteiger partial charge on any atom is 0.160 e. The van der Waals surface area contributed by atoms with E-state index in [9.17, 15) is 8.78 Å². The van der Waals surface area contributed by atoms with Crippen molar-refractivity contribution >= 4 is 21.4 Å². The highest BCUT2D eigenvalue weighted by Gasteiger charge is 2.11. The molecule has 1 heterocycles. The number of hydrogen-bond donors (Lipinski definition) is 1. The molecule has 0 bridgehead atoms. The van der Waals surface area contributed by atoms with Crippen LogP contribution in [0, 0.1) is 18.6 Å². The Labute approximate surface area is 84.2 Å². The largest absolute Gasteiger partial charge is 0.326 e. The van der Waals surface area contributed by atoms with Crippen molar-refractivity contribution in [2.45, 2.75) is 13.5 Å². The SMILES string of the molecule is Cc1c(CN)sc2cc(F)c(F)cc12. The molecular weight excluding hydrogens is 204 g/mol. The van der Waals surface area contributed by atoms with Crippen molar-refractivity contribution in [3.63, 3.8) is 0 Å². The molecule has 74 valence electrons. The third-order valence-corrected chi connectivity index (χ3v) is 3.54. The minimum absolute atomic E-state index is 0.411. The third kappa shape index (κ3) is 1.31. The molecule has 1 aromatic carbocycles. The number of aryl methyl sites for hydroxylation is 1. The predicted molar refractivity (Wildman–Crippen MR) is 54.4 cm³/mol. The second-order valence-corrected chi connectivity index (χ2v) is 4.25. The van der Waals surface area contributed by atoms with E-state index in [-0.39, 0.29) is 0 Å². The first-order valence-corrected chi connectivity index (χ1v) is 5.02. The first kappa shape index (κ1) is 9.55. The van der Waals surface area contributed by atoms with E-state index in [2.05, 4.69) is 0 Å². The van der Waals surface area contributed by atoms with E-state index in [0.29, 0.717) is 6.54 Å². The average Bonchev–Trinajstić information content (AvgIpc) is 2.45. The molecule has 2 N–H and O–H groups in total. The molecule has 0 saturated carbocycles. The van der Waals surface area contributed by atoms with Crippen LogP contribution < -0.4 is 5.73 Å².